The Morgan fingerprint density at radius 2 is 1.40 bits per heavy atom. The molecule has 57 heavy (non-hydrogen) atoms. The number of amidine groups is 2. The van der Waals surface area contributed by atoms with Gasteiger partial charge in [0.1, 0.15) is 23.2 Å². The van der Waals surface area contributed by atoms with Gasteiger partial charge in [0.15, 0.2) is 5.84 Å². The van der Waals surface area contributed by atoms with E-state index in [1.807, 2.05) is 29.5 Å². The van der Waals surface area contributed by atoms with Gasteiger partial charge in [-0.05, 0) is 60.4 Å². The third-order valence-electron chi connectivity index (χ3n) is 11.5. The van der Waals surface area contributed by atoms with Crippen molar-refractivity contribution in [3.05, 3.63) is 187 Å². The summed E-state index contributed by atoms with van der Waals surface area (Å²) >= 11 is 1.87. The van der Waals surface area contributed by atoms with Crippen molar-refractivity contribution in [3.63, 3.8) is 0 Å². The number of furan rings is 1. The molecule has 3 aromatic heterocycles. The van der Waals surface area contributed by atoms with Crippen molar-refractivity contribution in [2.75, 3.05) is 0 Å². The lowest BCUT2D eigenvalue weighted by molar-refractivity contribution is 0.653. The molecule has 1 N–H and O–H groups in total. The fraction of sp³-hybridized carbons (Fsp3) is 0.0588. The summed E-state index contributed by atoms with van der Waals surface area (Å²) < 4.78 is 11.7. The Morgan fingerprint density at radius 1 is 0.649 bits per heavy atom. The van der Waals surface area contributed by atoms with Crippen LogP contribution in [0, 0.1) is 0 Å². The molecule has 270 valence electrons. The lowest BCUT2D eigenvalue weighted by atomic mass is 9.97. The minimum Gasteiger partial charge on any atom is -0.456 e. The maximum absolute atomic E-state index is 6.69. The largest absolute Gasteiger partial charge is 0.456 e. The molecule has 0 spiro atoms. The number of para-hydroxylation sites is 2. The summed E-state index contributed by atoms with van der Waals surface area (Å²) in [6, 6.07) is 54.2. The van der Waals surface area contributed by atoms with Crippen molar-refractivity contribution < 1.29 is 4.42 Å². The molecule has 0 fully saturated rings. The van der Waals surface area contributed by atoms with E-state index in [9.17, 15) is 0 Å². The Balaban J connectivity index is 1.00. The molecule has 1 aliphatic heterocycles. The summed E-state index contributed by atoms with van der Waals surface area (Å²) in [6.45, 7) is 0. The van der Waals surface area contributed by atoms with Gasteiger partial charge in [0.25, 0.3) is 0 Å². The zero-order valence-corrected chi connectivity index (χ0v) is 31.6. The first-order valence-electron chi connectivity index (χ1n) is 19.5. The zero-order chi connectivity index (χ0) is 37.5. The van der Waals surface area contributed by atoms with Crippen molar-refractivity contribution in [2.45, 2.75) is 19.0 Å². The van der Waals surface area contributed by atoms with E-state index in [1.54, 1.807) is 0 Å². The summed E-state index contributed by atoms with van der Waals surface area (Å²) in [6.07, 6.45) is 8.11. The second-order valence-corrected chi connectivity index (χ2v) is 15.9. The third-order valence-corrected chi connectivity index (χ3v) is 12.7. The van der Waals surface area contributed by atoms with Gasteiger partial charge in [0, 0.05) is 58.4 Å². The van der Waals surface area contributed by atoms with Crippen molar-refractivity contribution in [3.8, 4) is 16.8 Å². The number of benzene rings is 7. The van der Waals surface area contributed by atoms with Crippen LogP contribution >= 0.6 is 11.3 Å². The Bertz CT molecular complexity index is 3340. The van der Waals surface area contributed by atoms with E-state index in [0.717, 1.165) is 57.6 Å². The van der Waals surface area contributed by atoms with Crippen molar-refractivity contribution >= 4 is 86.9 Å². The van der Waals surface area contributed by atoms with Crippen LogP contribution in [0.2, 0.25) is 0 Å². The summed E-state index contributed by atoms with van der Waals surface area (Å²) in [5, 5.41) is 10.9. The van der Waals surface area contributed by atoms with Gasteiger partial charge in [0.2, 0.25) is 0 Å². The fourth-order valence-electron chi connectivity index (χ4n) is 8.95. The number of nitrogens with one attached hydrogen (secondary N) is 1. The van der Waals surface area contributed by atoms with Crippen LogP contribution in [0.3, 0.4) is 0 Å². The van der Waals surface area contributed by atoms with E-state index in [2.05, 4.69) is 162 Å². The van der Waals surface area contributed by atoms with Gasteiger partial charge in [-0.15, -0.1) is 11.3 Å². The maximum atomic E-state index is 6.69. The second kappa shape index (κ2) is 12.8. The highest BCUT2D eigenvalue weighted by molar-refractivity contribution is 7.26. The molecule has 0 radical (unpaired) electrons. The lowest BCUT2D eigenvalue weighted by Crippen LogP contribution is -2.34. The summed E-state index contributed by atoms with van der Waals surface area (Å²) in [5.74, 6) is 1.61. The zero-order valence-electron chi connectivity index (χ0n) is 30.8. The quantitative estimate of drug-likeness (QED) is 0.190. The molecular formula is C51H34N4OS. The van der Waals surface area contributed by atoms with E-state index in [-0.39, 0.29) is 6.17 Å². The van der Waals surface area contributed by atoms with Gasteiger partial charge in [-0.25, -0.2) is 9.98 Å². The Labute approximate surface area is 332 Å². The molecule has 6 heteroatoms. The van der Waals surface area contributed by atoms with Gasteiger partial charge < -0.3 is 14.3 Å². The number of allylic oxidation sites excluding steroid dienone is 3. The van der Waals surface area contributed by atoms with Crippen molar-refractivity contribution in [1.29, 1.82) is 0 Å². The number of rotatable bonds is 5. The molecule has 10 aromatic rings. The molecule has 0 bridgehead atoms. The molecule has 4 heterocycles. The molecule has 1 unspecified atom stereocenters. The Kier molecular flexibility index (Phi) is 7.22. The average molecular weight is 751 g/mol. The van der Waals surface area contributed by atoms with E-state index >= 15 is 0 Å². The first kappa shape index (κ1) is 32.2. The van der Waals surface area contributed by atoms with Gasteiger partial charge >= 0.3 is 0 Å². The monoisotopic (exact) mass is 750 g/mol. The van der Waals surface area contributed by atoms with E-state index in [0.29, 0.717) is 0 Å². The average Bonchev–Trinajstić information content (AvgIpc) is 3.96. The Morgan fingerprint density at radius 3 is 2.23 bits per heavy atom. The minimum absolute atomic E-state index is 0.312. The number of nitrogens with zero attached hydrogens (tertiary/aromatic N) is 3. The van der Waals surface area contributed by atoms with Crippen molar-refractivity contribution in [1.82, 2.24) is 9.88 Å². The molecule has 7 aromatic carbocycles. The molecule has 0 saturated carbocycles. The summed E-state index contributed by atoms with van der Waals surface area (Å²) in [4.78, 5) is 10.1. The van der Waals surface area contributed by atoms with Crippen molar-refractivity contribution in [2.24, 2.45) is 9.98 Å². The number of hydrogen-bond donors (Lipinski definition) is 1. The Hall–Kier alpha value is -7.02. The molecule has 1 aliphatic carbocycles. The van der Waals surface area contributed by atoms with Gasteiger partial charge in [0.05, 0.1) is 16.7 Å². The molecule has 1 atom stereocenters. The standard InChI is InChI=1S/C51H34N4OS/c1-3-14-31(15-4-1)49-52-50(32-16-5-2-6-17-32)54-51(53-49)33-28-29-38-44(30-33)56-43-26-12-20-36(46(38)43)37-21-11-22-39-47-42(25-13-27-45(47)57-48(37)39)55-40-23-9-7-18-34(40)35-19-8-10-24-41(35)55/h1-5,7-16,18-30,51H,6,17H2,(H,52,53,54). The van der Waals surface area contributed by atoms with Crippen LogP contribution in [-0.2, 0) is 0 Å². The van der Waals surface area contributed by atoms with Crippen LogP contribution in [0.15, 0.2) is 190 Å². The summed E-state index contributed by atoms with van der Waals surface area (Å²) in [7, 11) is 0. The number of fused-ring (bicyclic) bond motifs is 9. The molecule has 2 aliphatic rings. The summed E-state index contributed by atoms with van der Waals surface area (Å²) in [5.41, 5.74) is 10.9. The highest BCUT2D eigenvalue weighted by Gasteiger charge is 2.25. The molecule has 0 amide bonds. The normalized spacial score (nSPS) is 15.8. The predicted molar refractivity (Wildman–Crippen MR) is 239 cm³/mol. The van der Waals surface area contributed by atoms with E-state index < -0.39 is 0 Å². The van der Waals surface area contributed by atoms with E-state index in [1.165, 1.54) is 64.4 Å². The molecule has 0 saturated heterocycles. The van der Waals surface area contributed by atoms with Crippen LogP contribution in [0.5, 0.6) is 0 Å². The first-order chi connectivity index (χ1) is 28.3. The highest BCUT2D eigenvalue weighted by Crippen LogP contribution is 2.46. The first-order valence-corrected chi connectivity index (χ1v) is 20.3. The number of hydrogen-bond acceptors (Lipinski definition) is 5. The maximum Gasteiger partial charge on any atom is 0.159 e. The molecular weight excluding hydrogens is 717 g/mol. The fourth-order valence-corrected chi connectivity index (χ4v) is 10.2. The lowest BCUT2D eigenvalue weighted by Gasteiger charge is -2.25. The van der Waals surface area contributed by atoms with Crippen LogP contribution in [-0.4, -0.2) is 16.2 Å². The van der Waals surface area contributed by atoms with Crippen LogP contribution in [0.1, 0.15) is 30.1 Å². The highest BCUT2D eigenvalue weighted by atomic mass is 32.1. The molecule has 5 nitrogen and oxygen atoms in total. The van der Waals surface area contributed by atoms with Gasteiger partial charge in [-0.1, -0.05) is 133 Å². The minimum atomic E-state index is -0.312. The number of aliphatic imine (C=N–C) groups is 2. The third kappa shape index (κ3) is 5.07. The number of thiophene rings is 1. The second-order valence-electron chi connectivity index (χ2n) is 14.8. The van der Waals surface area contributed by atoms with Crippen LogP contribution < -0.4 is 5.32 Å². The number of aromatic nitrogens is 1. The predicted octanol–water partition coefficient (Wildman–Crippen LogP) is 13.4. The van der Waals surface area contributed by atoms with Crippen LogP contribution in [0.4, 0.5) is 0 Å². The van der Waals surface area contributed by atoms with E-state index in [4.69, 9.17) is 14.4 Å². The van der Waals surface area contributed by atoms with Crippen LogP contribution in [0.25, 0.3) is 80.7 Å². The SMILES string of the molecule is C1=CCCC(C2=NC(c3ccccc3)=NC(c3ccc4c(c3)oc3cccc(-c5cccc6c5sc5cccc(-n7c8ccccc8c8ccccc87)c56)c34)N2)=C1. The molecule has 12 rings (SSSR count). The smallest absolute Gasteiger partial charge is 0.159 e. The topological polar surface area (TPSA) is 54.8 Å². The van der Waals surface area contributed by atoms with Gasteiger partial charge in [-0.2, -0.15) is 0 Å². The van der Waals surface area contributed by atoms with Gasteiger partial charge in [-0.3, -0.25) is 0 Å².